The highest BCUT2D eigenvalue weighted by Gasteiger charge is 2.28. The van der Waals surface area contributed by atoms with Crippen LogP contribution in [0.2, 0.25) is 0 Å². The number of pyridine rings is 1. The lowest BCUT2D eigenvalue weighted by atomic mass is 9.93. The number of rotatable bonds is 4. The molecule has 0 fully saturated rings. The Morgan fingerprint density at radius 3 is 2.44 bits per heavy atom. The number of nitrogens with one attached hydrogen (secondary N) is 3. The van der Waals surface area contributed by atoms with Crippen LogP contribution in [0.15, 0.2) is 64.4 Å². The number of nitrogens with zero attached hydrogens (tertiary/aromatic N) is 2. The van der Waals surface area contributed by atoms with E-state index in [9.17, 15) is 14.4 Å². The summed E-state index contributed by atoms with van der Waals surface area (Å²) in [4.78, 5) is 41.0. The molecule has 32 heavy (non-hydrogen) atoms. The average Bonchev–Trinajstić information content (AvgIpc) is 3.19. The number of furan rings is 1. The zero-order valence-corrected chi connectivity index (χ0v) is 17.3. The van der Waals surface area contributed by atoms with E-state index in [0.717, 1.165) is 6.42 Å². The predicted molar refractivity (Wildman–Crippen MR) is 116 cm³/mol. The van der Waals surface area contributed by atoms with Crippen LogP contribution in [0.4, 0.5) is 0 Å². The van der Waals surface area contributed by atoms with E-state index in [1.165, 1.54) is 6.20 Å². The number of hydrazone groups is 1. The van der Waals surface area contributed by atoms with Gasteiger partial charge in [0.1, 0.15) is 5.76 Å². The number of benzene rings is 1. The molecule has 3 N–H and O–H groups in total. The summed E-state index contributed by atoms with van der Waals surface area (Å²) in [5, 5.41) is 4.28. The second-order valence-corrected chi connectivity index (χ2v) is 7.22. The smallest absolute Gasteiger partial charge is 0.305 e. The molecule has 2 heterocycles. The van der Waals surface area contributed by atoms with E-state index in [0.29, 0.717) is 46.6 Å². The molecule has 0 saturated heterocycles. The van der Waals surface area contributed by atoms with Gasteiger partial charge in [0, 0.05) is 35.5 Å². The SMILES string of the molecule is Cc1c(C(=O)NNC(=O)c2ccccc2)oc2c1/C(=N/NC(=O)c1cccnc1)CCC2. The fourth-order valence-electron chi connectivity index (χ4n) is 3.51. The largest absolute Gasteiger partial charge is 0.455 e. The molecule has 3 amide bonds. The average molecular weight is 431 g/mol. The molecule has 0 spiro atoms. The molecule has 162 valence electrons. The van der Waals surface area contributed by atoms with Crippen LogP contribution in [-0.2, 0) is 6.42 Å². The van der Waals surface area contributed by atoms with Crippen molar-refractivity contribution in [1.82, 2.24) is 21.3 Å². The minimum absolute atomic E-state index is 0.0940. The molecule has 0 unspecified atom stereocenters. The van der Waals surface area contributed by atoms with Crippen LogP contribution in [0.25, 0.3) is 0 Å². The fraction of sp³-hybridized carbons (Fsp3) is 0.174. The van der Waals surface area contributed by atoms with E-state index in [2.05, 4.69) is 26.4 Å². The van der Waals surface area contributed by atoms with Crippen LogP contribution in [0, 0.1) is 6.92 Å². The number of fused-ring (bicyclic) bond motifs is 1. The van der Waals surface area contributed by atoms with E-state index < -0.39 is 11.8 Å². The number of aromatic nitrogens is 1. The number of aryl methyl sites for hydroxylation is 1. The fourth-order valence-corrected chi connectivity index (χ4v) is 3.51. The second-order valence-electron chi connectivity index (χ2n) is 7.22. The van der Waals surface area contributed by atoms with Crippen molar-refractivity contribution < 1.29 is 18.8 Å². The number of hydrogen-bond acceptors (Lipinski definition) is 6. The molecule has 0 radical (unpaired) electrons. The van der Waals surface area contributed by atoms with Crippen LogP contribution in [0.1, 0.15) is 61.0 Å². The quantitative estimate of drug-likeness (QED) is 0.548. The molecule has 1 aliphatic rings. The number of amides is 3. The molecule has 1 aromatic carbocycles. The van der Waals surface area contributed by atoms with Gasteiger partial charge in [-0.1, -0.05) is 18.2 Å². The Kier molecular flexibility index (Phi) is 6.07. The van der Waals surface area contributed by atoms with Gasteiger partial charge in [-0.3, -0.25) is 30.2 Å². The van der Waals surface area contributed by atoms with Crippen molar-refractivity contribution in [1.29, 1.82) is 0 Å². The van der Waals surface area contributed by atoms with Gasteiger partial charge in [-0.2, -0.15) is 5.10 Å². The van der Waals surface area contributed by atoms with E-state index >= 15 is 0 Å². The maximum atomic E-state index is 12.6. The minimum atomic E-state index is -0.570. The molecule has 9 nitrogen and oxygen atoms in total. The molecule has 4 rings (SSSR count). The van der Waals surface area contributed by atoms with Gasteiger partial charge < -0.3 is 4.42 Å². The van der Waals surface area contributed by atoms with Gasteiger partial charge in [-0.25, -0.2) is 5.43 Å². The van der Waals surface area contributed by atoms with E-state index in [1.54, 1.807) is 55.6 Å². The van der Waals surface area contributed by atoms with Crippen molar-refractivity contribution >= 4 is 23.4 Å². The minimum Gasteiger partial charge on any atom is -0.455 e. The molecular formula is C23H21N5O4. The monoisotopic (exact) mass is 431 g/mol. The van der Waals surface area contributed by atoms with Gasteiger partial charge in [-0.15, -0.1) is 0 Å². The predicted octanol–water partition coefficient (Wildman–Crippen LogP) is 2.53. The maximum absolute atomic E-state index is 12.6. The normalized spacial score (nSPS) is 13.8. The first-order valence-electron chi connectivity index (χ1n) is 10.1. The summed E-state index contributed by atoms with van der Waals surface area (Å²) in [6, 6.07) is 11.9. The second kappa shape index (κ2) is 9.25. The molecule has 0 atom stereocenters. The third kappa shape index (κ3) is 4.41. The summed E-state index contributed by atoms with van der Waals surface area (Å²) < 4.78 is 5.79. The van der Waals surface area contributed by atoms with Crippen molar-refractivity contribution in [2.75, 3.05) is 0 Å². The van der Waals surface area contributed by atoms with E-state index in [1.807, 2.05) is 0 Å². The van der Waals surface area contributed by atoms with Gasteiger partial charge in [0.2, 0.25) is 0 Å². The van der Waals surface area contributed by atoms with Crippen molar-refractivity contribution in [3.8, 4) is 0 Å². The zero-order chi connectivity index (χ0) is 22.5. The summed E-state index contributed by atoms with van der Waals surface area (Å²) in [5.41, 5.74) is 10.1. The Morgan fingerprint density at radius 2 is 1.69 bits per heavy atom. The number of hydrogen-bond donors (Lipinski definition) is 3. The number of hydrazine groups is 1. The van der Waals surface area contributed by atoms with Crippen molar-refractivity contribution in [3.05, 3.63) is 88.6 Å². The molecule has 0 bridgehead atoms. The Hall–Kier alpha value is -4.27. The summed E-state index contributed by atoms with van der Waals surface area (Å²) in [6.45, 7) is 1.75. The third-order valence-corrected chi connectivity index (χ3v) is 5.07. The lowest BCUT2D eigenvalue weighted by Gasteiger charge is -2.13. The Balaban J connectivity index is 1.48. The molecule has 0 saturated carbocycles. The lowest BCUT2D eigenvalue weighted by Crippen LogP contribution is -2.41. The highest BCUT2D eigenvalue weighted by Crippen LogP contribution is 2.29. The van der Waals surface area contributed by atoms with Gasteiger partial charge in [0.15, 0.2) is 5.76 Å². The van der Waals surface area contributed by atoms with Crippen LogP contribution in [0.5, 0.6) is 0 Å². The first kappa shape index (κ1) is 21.0. The standard InChI is InChI=1S/C23H21N5O4/c1-14-19-17(25-26-22(30)16-9-6-12-24-13-16)10-5-11-18(19)32-20(14)23(31)28-27-21(29)15-7-3-2-4-8-15/h2-4,6-9,12-13H,5,10-11H2,1H3,(H,26,30)(H,27,29)(H,28,31)/b25-17+. The number of carbonyl (C=O) groups excluding carboxylic acids is 3. The number of carbonyl (C=O) groups is 3. The van der Waals surface area contributed by atoms with Crippen LogP contribution < -0.4 is 16.3 Å². The lowest BCUT2D eigenvalue weighted by molar-refractivity contribution is 0.0829. The van der Waals surface area contributed by atoms with E-state index in [4.69, 9.17) is 4.42 Å². The molecule has 1 aliphatic carbocycles. The Morgan fingerprint density at radius 1 is 0.938 bits per heavy atom. The summed E-state index contributed by atoms with van der Waals surface area (Å²) >= 11 is 0. The topological polar surface area (TPSA) is 126 Å². The van der Waals surface area contributed by atoms with Crippen LogP contribution in [-0.4, -0.2) is 28.4 Å². The third-order valence-electron chi connectivity index (χ3n) is 5.07. The first-order valence-corrected chi connectivity index (χ1v) is 10.1. The van der Waals surface area contributed by atoms with Crippen LogP contribution in [0.3, 0.4) is 0 Å². The highest BCUT2D eigenvalue weighted by atomic mass is 16.4. The molecule has 9 heteroatoms. The summed E-state index contributed by atoms with van der Waals surface area (Å²) in [6.07, 6.45) is 5.09. The molecule has 3 aromatic rings. The van der Waals surface area contributed by atoms with Gasteiger partial charge in [0.25, 0.3) is 11.8 Å². The van der Waals surface area contributed by atoms with Crippen molar-refractivity contribution in [3.63, 3.8) is 0 Å². The van der Waals surface area contributed by atoms with Crippen LogP contribution >= 0.6 is 0 Å². The van der Waals surface area contributed by atoms with E-state index in [-0.39, 0.29) is 11.7 Å². The molecular weight excluding hydrogens is 410 g/mol. The van der Waals surface area contributed by atoms with Crippen molar-refractivity contribution in [2.24, 2.45) is 5.10 Å². The molecule has 2 aromatic heterocycles. The van der Waals surface area contributed by atoms with Crippen molar-refractivity contribution in [2.45, 2.75) is 26.2 Å². The maximum Gasteiger partial charge on any atom is 0.305 e. The summed E-state index contributed by atoms with van der Waals surface area (Å²) in [5.74, 6) is -0.659. The van der Waals surface area contributed by atoms with Gasteiger partial charge >= 0.3 is 5.91 Å². The highest BCUT2D eigenvalue weighted by molar-refractivity contribution is 6.07. The Labute approximate surface area is 183 Å². The Bertz CT molecular complexity index is 1190. The summed E-state index contributed by atoms with van der Waals surface area (Å²) in [7, 11) is 0. The molecule has 0 aliphatic heterocycles. The van der Waals surface area contributed by atoms with Gasteiger partial charge in [0.05, 0.1) is 11.3 Å². The zero-order valence-electron chi connectivity index (χ0n) is 17.3. The first-order chi connectivity index (χ1) is 15.5. The van der Waals surface area contributed by atoms with Gasteiger partial charge in [-0.05, 0) is 44.0 Å².